The normalized spacial score (nSPS) is 11.4. The lowest BCUT2D eigenvalue weighted by Gasteiger charge is -2.11. The number of ether oxygens (including phenoxy) is 2. The second kappa shape index (κ2) is 6.42. The van der Waals surface area contributed by atoms with Crippen molar-refractivity contribution >= 4 is 5.97 Å². The van der Waals surface area contributed by atoms with Crippen molar-refractivity contribution in [3.8, 4) is 5.75 Å². The monoisotopic (exact) mass is 278 g/mol. The summed E-state index contributed by atoms with van der Waals surface area (Å²) in [6.07, 6.45) is -4.35. The molecule has 1 rings (SSSR count). The number of hydrogen-bond donors (Lipinski definition) is 1. The molecule has 1 N–H and O–H groups in total. The Hall–Kier alpha value is -1.76. The van der Waals surface area contributed by atoms with Crippen molar-refractivity contribution in [3.05, 3.63) is 29.3 Å². The van der Waals surface area contributed by atoms with Gasteiger partial charge in [0.15, 0.2) is 0 Å². The lowest BCUT2D eigenvalue weighted by atomic mass is 10.1. The highest BCUT2D eigenvalue weighted by Gasteiger charge is 2.27. The number of aryl methyl sites for hydroxylation is 1. The molecule has 0 fully saturated rings. The van der Waals surface area contributed by atoms with Gasteiger partial charge in [-0.2, -0.15) is 13.2 Å². The van der Waals surface area contributed by atoms with Crippen LogP contribution in [0.1, 0.15) is 15.9 Å². The van der Waals surface area contributed by atoms with Crippen molar-refractivity contribution in [1.29, 1.82) is 0 Å². The number of hydrogen-bond acceptors (Lipinski definition) is 3. The number of carboxylic acids is 1. The van der Waals surface area contributed by atoms with Gasteiger partial charge in [0.05, 0.1) is 12.2 Å². The third-order valence-electron chi connectivity index (χ3n) is 2.17. The number of halogens is 3. The number of benzene rings is 1. The van der Waals surface area contributed by atoms with Crippen molar-refractivity contribution in [2.24, 2.45) is 0 Å². The summed E-state index contributed by atoms with van der Waals surface area (Å²) in [6, 6.07) is 4.25. The Kier molecular flexibility index (Phi) is 5.17. The number of alkyl halides is 3. The standard InChI is InChI=1S/C12H13F3O4/c1-8-6-9(11(16)17)2-3-10(8)19-5-4-18-7-12(13,14)15/h2-3,6H,4-5,7H2,1H3,(H,16,17). The van der Waals surface area contributed by atoms with Gasteiger partial charge in [-0.15, -0.1) is 0 Å². The minimum atomic E-state index is -4.35. The topological polar surface area (TPSA) is 55.8 Å². The molecule has 0 spiro atoms. The molecule has 7 heteroatoms. The summed E-state index contributed by atoms with van der Waals surface area (Å²) in [5.41, 5.74) is 0.717. The first kappa shape index (κ1) is 15.3. The van der Waals surface area contributed by atoms with E-state index >= 15 is 0 Å². The molecule has 19 heavy (non-hydrogen) atoms. The largest absolute Gasteiger partial charge is 0.491 e. The van der Waals surface area contributed by atoms with Crippen LogP contribution in [-0.2, 0) is 4.74 Å². The second-order valence-corrected chi connectivity index (χ2v) is 3.80. The zero-order valence-electron chi connectivity index (χ0n) is 10.2. The molecule has 106 valence electrons. The van der Waals surface area contributed by atoms with Gasteiger partial charge >= 0.3 is 12.1 Å². The van der Waals surface area contributed by atoms with E-state index in [1.54, 1.807) is 6.92 Å². The fraction of sp³-hybridized carbons (Fsp3) is 0.417. The predicted octanol–water partition coefficient (Wildman–Crippen LogP) is 2.65. The second-order valence-electron chi connectivity index (χ2n) is 3.80. The number of carboxylic acid groups (broad SMARTS) is 1. The molecule has 0 amide bonds. The maximum absolute atomic E-state index is 11.8. The van der Waals surface area contributed by atoms with Gasteiger partial charge in [0.2, 0.25) is 0 Å². The molecular weight excluding hydrogens is 265 g/mol. The number of aromatic carboxylic acids is 1. The van der Waals surface area contributed by atoms with Gasteiger partial charge in [-0.05, 0) is 30.7 Å². The van der Waals surface area contributed by atoms with Crippen LogP contribution in [0, 0.1) is 6.92 Å². The van der Waals surface area contributed by atoms with E-state index < -0.39 is 18.8 Å². The average Bonchev–Trinajstić information content (AvgIpc) is 2.28. The summed E-state index contributed by atoms with van der Waals surface area (Å²) < 4.78 is 44.9. The Balaban J connectivity index is 2.40. The molecule has 0 aliphatic rings. The van der Waals surface area contributed by atoms with Gasteiger partial charge in [-0.3, -0.25) is 0 Å². The van der Waals surface area contributed by atoms with Gasteiger partial charge in [-0.25, -0.2) is 4.79 Å². The highest BCUT2D eigenvalue weighted by atomic mass is 19.4. The summed E-state index contributed by atoms with van der Waals surface area (Å²) in [5, 5.41) is 8.76. The van der Waals surface area contributed by atoms with Crippen molar-refractivity contribution in [1.82, 2.24) is 0 Å². The molecule has 0 atom stereocenters. The molecule has 1 aromatic rings. The van der Waals surface area contributed by atoms with Crippen LogP contribution in [0.2, 0.25) is 0 Å². The summed E-state index contributed by atoms with van der Waals surface area (Å²) in [5.74, 6) is -0.635. The third kappa shape index (κ3) is 5.60. The summed E-state index contributed by atoms with van der Waals surface area (Å²) in [6.45, 7) is 0.106. The van der Waals surface area contributed by atoms with Crippen molar-refractivity contribution in [2.45, 2.75) is 13.1 Å². The molecule has 0 aliphatic heterocycles. The van der Waals surface area contributed by atoms with Gasteiger partial charge in [-0.1, -0.05) is 0 Å². The molecule has 0 heterocycles. The SMILES string of the molecule is Cc1cc(C(=O)O)ccc1OCCOCC(F)(F)F. The van der Waals surface area contributed by atoms with E-state index in [-0.39, 0.29) is 18.8 Å². The molecular formula is C12H13F3O4. The highest BCUT2D eigenvalue weighted by molar-refractivity contribution is 5.88. The van der Waals surface area contributed by atoms with Crippen LogP contribution in [0.25, 0.3) is 0 Å². The maximum Gasteiger partial charge on any atom is 0.411 e. The number of rotatable bonds is 6. The zero-order valence-corrected chi connectivity index (χ0v) is 10.2. The van der Waals surface area contributed by atoms with E-state index in [4.69, 9.17) is 9.84 Å². The molecule has 0 aromatic heterocycles. The Morgan fingerprint density at radius 3 is 2.53 bits per heavy atom. The Morgan fingerprint density at radius 2 is 2.00 bits per heavy atom. The third-order valence-corrected chi connectivity index (χ3v) is 2.17. The number of carbonyl (C=O) groups is 1. The Bertz CT molecular complexity index is 443. The van der Waals surface area contributed by atoms with Gasteiger partial charge in [0.1, 0.15) is 19.0 Å². The quantitative estimate of drug-likeness (QED) is 0.813. The van der Waals surface area contributed by atoms with Crippen molar-refractivity contribution < 1.29 is 32.5 Å². The fourth-order valence-corrected chi connectivity index (χ4v) is 1.34. The minimum absolute atomic E-state index is 0.0384. The van der Waals surface area contributed by atoms with E-state index in [1.165, 1.54) is 18.2 Å². The molecule has 1 aromatic carbocycles. The molecule has 0 saturated carbocycles. The summed E-state index contributed by atoms with van der Waals surface area (Å²) >= 11 is 0. The minimum Gasteiger partial charge on any atom is -0.491 e. The Labute approximate surface area is 107 Å². The van der Waals surface area contributed by atoms with Gasteiger partial charge in [0, 0.05) is 0 Å². The van der Waals surface area contributed by atoms with E-state index in [0.717, 1.165) is 0 Å². The average molecular weight is 278 g/mol. The first-order valence-corrected chi connectivity index (χ1v) is 5.41. The van der Waals surface area contributed by atoms with E-state index in [2.05, 4.69) is 4.74 Å². The van der Waals surface area contributed by atoms with Crippen LogP contribution in [-0.4, -0.2) is 37.1 Å². The smallest absolute Gasteiger partial charge is 0.411 e. The van der Waals surface area contributed by atoms with Gasteiger partial charge in [0.25, 0.3) is 0 Å². The lowest BCUT2D eigenvalue weighted by Crippen LogP contribution is -2.19. The Morgan fingerprint density at radius 1 is 1.32 bits per heavy atom. The van der Waals surface area contributed by atoms with E-state index in [1.807, 2.05) is 0 Å². The van der Waals surface area contributed by atoms with Crippen LogP contribution < -0.4 is 4.74 Å². The van der Waals surface area contributed by atoms with Crippen LogP contribution in [0.15, 0.2) is 18.2 Å². The first-order chi connectivity index (χ1) is 8.79. The first-order valence-electron chi connectivity index (χ1n) is 5.41. The van der Waals surface area contributed by atoms with Crippen LogP contribution in [0.5, 0.6) is 5.75 Å². The summed E-state index contributed by atoms with van der Waals surface area (Å²) in [4.78, 5) is 10.7. The van der Waals surface area contributed by atoms with Crippen LogP contribution in [0.3, 0.4) is 0 Å². The zero-order chi connectivity index (χ0) is 14.5. The van der Waals surface area contributed by atoms with Crippen LogP contribution >= 0.6 is 0 Å². The molecule has 0 saturated heterocycles. The van der Waals surface area contributed by atoms with Crippen LogP contribution in [0.4, 0.5) is 13.2 Å². The molecule has 0 bridgehead atoms. The molecule has 0 radical (unpaired) electrons. The molecule has 0 unspecified atom stereocenters. The highest BCUT2D eigenvalue weighted by Crippen LogP contribution is 2.19. The predicted molar refractivity (Wildman–Crippen MR) is 60.5 cm³/mol. The van der Waals surface area contributed by atoms with Crippen molar-refractivity contribution in [2.75, 3.05) is 19.8 Å². The van der Waals surface area contributed by atoms with E-state index in [0.29, 0.717) is 11.3 Å². The summed E-state index contributed by atoms with van der Waals surface area (Å²) in [7, 11) is 0. The lowest BCUT2D eigenvalue weighted by molar-refractivity contribution is -0.175. The van der Waals surface area contributed by atoms with Gasteiger partial charge < -0.3 is 14.6 Å². The molecule has 4 nitrogen and oxygen atoms in total. The van der Waals surface area contributed by atoms with E-state index in [9.17, 15) is 18.0 Å². The maximum atomic E-state index is 11.8. The fourth-order valence-electron chi connectivity index (χ4n) is 1.34. The van der Waals surface area contributed by atoms with Crippen molar-refractivity contribution in [3.63, 3.8) is 0 Å². The molecule has 0 aliphatic carbocycles.